The number of carbonyl (C=O) groups excluding carboxylic acids is 1. The van der Waals surface area contributed by atoms with Gasteiger partial charge in [0.2, 0.25) is 0 Å². The Morgan fingerprint density at radius 2 is 2.25 bits per heavy atom. The molecule has 0 bridgehead atoms. The Morgan fingerprint density at radius 1 is 1.56 bits per heavy atom. The van der Waals surface area contributed by atoms with Gasteiger partial charge >= 0.3 is 12.3 Å². The van der Waals surface area contributed by atoms with E-state index in [1.807, 2.05) is 0 Å². The summed E-state index contributed by atoms with van der Waals surface area (Å²) < 4.78 is 35.3. The number of ether oxygens (including phenoxy) is 2. The molecular formula is C10H9BrF2O3. The van der Waals surface area contributed by atoms with E-state index < -0.39 is 18.1 Å². The van der Waals surface area contributed by atoms with Crippen LogP contribution in [0.1, 0.15) is 6.92 Å². The molecule has 1 atom stereocenters. The maximum atomic E-state index is 13.1. The Labute approximate surface area is 99.5 Å². The maximum Gasteiger partial charge on any atom is 0.381 e. The highest BCUT2D eigenvalue weighted by molar-refractivity contribution is 9.10. The van der Waals surface area contributed by atoms with E-state index in [-0.39, 0.29) is 12.4 Å². The smallest absolute Gasteiger partial charge is 0.381 e. The second-order valence-electron chi connectivity index (χ2n) is 2.76. The van der Waals surface area contributed by atoms with Crippen molar-refractivity contribution in [1.29, 1.82) is 0 Å². The summed E-state index contributed by atoms with van der Waals surface area (Å²) in [5.74, 6) is -1.83. The van der Waals surface area contributed by atoms with Gasteiger partial charge in [-0.25, -0.2) is 9.18 Å². The number of esters is 1. The fourth-order valence-corrected chi connectivity index (χ4v) is 1.27. The van der Waals surface area contributed by atoms with E-state index >= 15 is 0 Å². The number of carbonyl (C=O) groups is 1. The quantitative estimate of drug-likeness (QED) is 0.801. The number of hydrogen-bond acceptors (Lipinski definition) is 3. The van der Waals surface area contributed by atoms with Crippen LogP contribution in [0.25, 0.3) is 0 Å². The van der Waals surface area contributed by atoms with Gasteiger partial charge in [-0.3, -0.25) is 0 Å². The first-order valence-corrected chi connectivity index (χ1v) is 5.26. The summed E-state index contributed by atoms with van der Waals surface area (Å²) in [6.07, 6.45) is -2.27. The summed E-state index contributed by atoms with van der Waals surface area (Å²) in [4.78, 5) is 10.9. The molecule has 0 radical (unpaired) electrons. The van der Waals surface area contributed by atoms with Gasteiger partial charge < -0.3 is 9.47 Å². The van der Waals surface area contributed by atoms with E-state index in [1.165, 1.54) is 12.1 Å². The lowest BCUT2D eigenvalue weighted by atomic mass is 10.3. The number of hydrogen-bond donors (Lipinski definition) is 0. The predicted molar refractivity (Wildman–Crippen MR) is 56.3 cm³/mol. The van der Waals surface area contributed by atoms with Crippen LogP contribution < -0.4 is 4.74 Å². The molecule has 16 heavy (non-hydrogen) atoms. The van der Waals surface area contributed by atoms with E-state index in [2.05, 4.69) is 25.4 Å². The van der Waals surface area contributed by atoms with E-state index in [0.717, 1.165) is 6.07 Å². The van der Waals surface area contributed by atoms with Gasteiger partial charge in [0.15, 0.2) is 0 Å². The summed E-state index contributed by atoms with van der Waals surface area (Å²) in [5.41, 5.74) is 0. The zero-order valence-corrected chi connectivity index (χ0v) is 9.96. The van der Waals surface area contributed by atoms with Gasteiger partial charge in [0, 0.05) is 6.07 Å². The molecule has 0 saturated carbocycles. The highest BCUT2D eigenvalue weighted by Gasteiger charge is 2.21. The lowest BCUT2D eigenvalue weighted by Gasteiger charge is -2.11. The lowest BCUT2D eigenvalue weighted by Crippen LogP contribution is -2.24. The Morgan fingerprint density at radius 3 is 2.88 bits per heavy atom. The molecule has 1 unspecified atom stereocenters. The van der Waals surface area contributed by atoms with Crippen LogP contribution >= 0.6 is 15.9 Å². The van der Waals surface area contributed by atoms with E-state index in [4.69, 9.17) is 0 Å². The van der Waals surface area contributed by atoms with Gasteiger partial charge in [-0.1, -0.05) is 0 Å². The van der Waals surface area contributed by atoms with Crippen molar-refractivity contribution in [3.63, 3.8) is 0 Å². The SMILES string of the molecule is CCOC(=O)C(F)Oc1cc(F)ccc1Br. The molecule has 88 valence electrons. The maximum absolute atomic E-state index is 13.1. The van der Waals surface area contributed by atoms with E-state index in [1.54, 1.807) is 6.92 Å². The molecule has 3 nitrogen and oxygen atoms in total. The van der Waals surface area contributed by atoms with Crippen LogP contribution in [0.15, 0.2) is 22.7 Å². The zero-order valence-electron chi connectivity index (χ0n) is 8.38. The van der Waals surface area contributed by atoms with Crippen molar-refractivity contribution >= 4 is 21.9 Å². The Kier molecular flexibility index (Phi) is 4.67. The lowest BCUT2D eigenvalue weighted by molar-refractivity contribution is -0.159. The third-order valence-electron chi connectivity index (χ3n) is 1.60. The van der Waals surface area contributed by atoms with Crippen molar-refractivity contribution in [1.82, 2.24) is 0 Å². The number of alkyl halides is 1. The Bertz CT molecular complexity index is 384. The van der Waals surface area contributed by atoms with Gasteiger partial charge in [-0.2, -0.15) is 4.39 Å². The third-order valence-corrected chi connectivity index (χ3v) is 2.25. The highest BCUT2D eigenvalue weighted by atomic mass is 79.9. The van der Waals surface area contributed by atoms with Crippen molar-refractivity contribution in [2.24, 2.45) is 0 Å². The molecule has 0 amide bonds. The van der Waals surface area contributed by atoms with E-state index in [9.17, 15) is 13.6 Å². The zero-order chi connectivity index (χ0) is 12.1. The fraction of sp³-hybridized carbons (Fsp3) is 0.300. The molecule has 0 aliphatic rings. The molecule has 0 aliphatic heterocycles. The van der Waals surface area contributed by atoms with E-state index in [0.29, 0.717) is 4.47 Å². The molecule has 0 aliphatic carbocycles. The highest BCUT2D eigenvalue weighted by Crippen LogP contribution is 2.26. The first kappa shape index (κ1) is 12.9. The summed E-state index contributed by atoms with van der Waals surface area (Å²) in [7, 11) is 0. The van der Waals surface area contributed by atoms with Crippen molar-refractivity contribution in [3.8, 4) is 5.75 Å². The van der Waals surface area contributed by atoms with Crippen LogP contribution in [0.2, 0.25) is 0 Å². The average Bonchev–Trinajstić information content (AvgIpc) is 2.23. The van der Waals surface area contributed by atoms with Crippen LogP contribution in [0.5, 0.6) is 5.75 Å². The minimum absolute atomic E-state index is 0.0485. The second-order valence-corrected chi connectivity index (χ2v) is 3.62. The van der Waals surface area contributed by atoms with Gasteiger partial charge in [-0.05, 0) is 35.0 Å². The number of rotatable bonds is 4. The minimum atomic E-state index is -2.27. The van der Waals surface area contributed by atoms with Crippen molar-refractivity contribution in [2.75, 3.05) is 6.61 Å². The second kappa shape index (κ2) is 5.79. The Balaban J connectivity index is 2.72. The van der Waals surface area contributed by atoms with Crippen molar-refractivity contribution in [2.45, 2.75) is 13.3 Å². The summed E-state index contributed by atoms with van der Waals surface area (Å²) in [5, 5.41) is 0. The first-order valence-electron chi connectivity index (χ1n) is 4.47. The third kappa shape index (κ3) is 3.44. The monoisotopic (exact) mass is 294 g/mol. The van der Waals surface area contributed by atoms with Gasteiger partial charge in [0.1, 0.15) is 11.6 Å². The summed E-state index contributed by atoms with van der Waals surface area (Å²) in [6.45, 7) is 1.59. The van der Waals surface area contributed by atoms with Crippen LogP contribution in [0.4, 0.5) is 8.78 Å². The van der Waals surface area contributed by atoms with Gasteiger partial charge in [0.05, 0.1) is 11.1 Å². The molecule has 1 aromatic rings. The molecule has 1 aromatic carbocycles. The fourth-order valence-electron chi connectivity index (χ4n) is 0.935. The molecule has 0 aromatic heterocycles. The molecule has 0 fully saturated rings. The van der Waals surface area contributed by atoms with Crippen LogP contribution in [-0.2, 0) is 9.53 Å². The average molecular weight is 295 g/mol. The predicted octanol–water partition coefficient (Wildman–Crippen LogP) is 2.83. The van der Waals surface area contributed by atoms with Gasteiger partial charge in [-0.15, -0.1) is 0 Å². The van der Waals surface area contributed by atoms with Crippen molar-refractivity contribution in [3.05, 3.63) is 28.5 Å². The van der Waals surface area contributed by atoms with Crippen molar-refractivity contribution < 1.29 is 23.0 Å². The summed E-state index contributed by atoms with van der Waals surface area (Å²) in [6, 6.07) is 3.49. The largest absolute Gasteiger partial charge is 0.461 e. The molecular weight excluding hydrogens is 286 g/mol. The van der Waals surface area contributed by atoms with Gasteiger partial charge in [0.25, 0.3) is 0 Å². The Hall–Kier alpha value is -1.17. The molecule has 6 heteroatoms. The number of benzene rings is 1. The minimum Gasteiger partial charge on any atom is -0.461 e. The molecule has 1 rings (SSSR count). The molecule has 0 spiro atoms. The van der Waals surface area contributed by atoms with Crippen LogP contribution in [0.3, 0.4) is 0 Å². The topological polar surface area (TPSA) is 35.5 Å². The number of halogens is 3. The molecule has 0 saturated heterocycles. The first-order chi connectivity index (χ1) is 7.54. The molecule has 0 heterocycles. The summed E-state index contributed by atoms with van der Waals surface area (Å²) >= 11 is 3.04. The van der Waals surface area contributed by atoms with Crippen LogP contribution in [-0.4, -0.2) is 18.9 Å². The van der Waals surface area contributed by atoms with Crippen LogP contribution in [0, 0.1) is 5.82 Å². The molecule has 0 N–H and O–H groups in total. The normalized spacial score (nSPS) is 12.0. The standard InChI is InChI=1S/C10H9BrF2O3/c1-2-15-10(14)9(13)16-8-5-6(12)3-4-7(8)11/h3-5,9H,2H2,1H3.